The molecule has 0 heterocycles. The molecule has 0 saturated heterocycles. The van der Waals surface area contributed by atoms with E-state index in [9.17, 15) is 0 Å². The fourth-order valence-electron chi connectivity index (χ4n) is 3.74. The molecule has 25 heavy (non-hydrogen) atoms. The third kappa shape index (κ3) is 5.94. The Morgan fingerprint density at radius 3 is 2.08 bits per heavy atom. The fourth-order valence-corrected chi connectivity index (χ4v) is 9.01. The molecule has 0 N–H and O–H groups in total. The first kappa shape index (κ1) is 21.3. The Morgan fingerprint density at radius 1 is 1.04 bits per heavy atom. The second-order valence-corrected chi connectivity index (χ2v) is 12.9. The molecule has 0 aliphatic heterocycles. The van der Waals surface area contributed by atoms with Gasteiger partial charge in [-0.05, 0) is 40.8 Å². The maximum atomic E-state index is 6.84. The molecule has 0 aliphatic carbocycles. The number of benzene rings is 1. The Kier molecular flexibility index (Phi) is 8.79. The van der Waals surface area contributed by atoms with Gasteiger partial charge in [-0.2, -0.15) is 0 Å². The minimum Gasteiger partial charge on any atom is -0.543 e. The van der Waals surface area contributed by atoms with Gasteiger partial charge >= 0.3 is 0 Å². The average molecular weight is 355 g/mol. The number of hydrogen-bond acceptors (Lipinski definition) is 1. The molecule has 1 nitrogen and oxygen atoms in total. The third-order valence-corrected chi connectivity index (χ3v) is 10.9. The van der Waals surface area contributed by atoms with E-state index in [1.165, 1.54) is 5.56 Å². The molecule has 0 saturated carbocycles. The lowest BCUT2D eigenvalue weighted by Crippen LogP contribution is -2.47. The van der Waals surface area contributed by atoms with E-state index < -0.39 is 8.32 Å². The van der Waals surface area contributed by atoms with Gasteiger partial charge in [0, 0.05) is 6.42 Å². The minimum absolute atomic E-state index is 0.550. The molecule has 0 fully saturated rings. The number of rotatable bonds is 9. The first-order valence-electron chi connectivity index (χ1n) is 9.40. The van der Waals surface area contributed by atoms with Gasteiger partial charge < -0.3 is 4.43 Å². The van der Waals surface area contributed by atoms with Crippen LogP contribution >= 0.6 is 0 Å². The van der Waals surface area contributed by atoms with Crippen molar-refractivity contribution in [1.82, 2.24) is 0 Å². The summed E-state index contributed by atoms with van der Waals surface area (Å²) in [5.74, 6) is 3.69. The average Bonchev–Trinajstić information content (AvgIpc) is 2.56. The van der Waals surface area contributed by atoms with E-state index in [1.54, 1.807) is 0 Å². The van der Waals surface area contributed by atoms with E-state index in [-0.39, 0.29) is 0 Å². The van der Waals surface area contributed by atoms with Crippen molar-refractivity contribution in [3.05, 3.63) is 53.8 Å². The van der Waals surface area contributed by atoms with Gasteiger partial charge in [-0.25, -0.2) is 0 Å². The topological polar surface area (TPSA) is 9.23 Å². The standard InChI is InChI=1S/C23H34OSi/c1-8-9-11-16-23(18-17-22-14-12-10-13-15-22)24-25(19(2)3,20(4)5)21(6)7/h1,10,12-21H,9,11H2,2-7H3/b18-17+,23-16+. The highest BCUT2D eigenvalue weighted by molar-refractivity contribution is 6.77. The van der Waals surface area contributed by atoms with E-state index in [0.717, 1.165) is 18.6 Å². The van der Waals surface area contributed by atoms with Crippen LogP contribution in [-0.4, -0.2) is 8.32 Å². The molecule has 1 aromatic rings. The fraction of sp³-hybridized carbons (Fsp3) is 0.478. The molecule has 0 aliphatic rings. The normalized spacial score (nSPS) is 13.0. The molecule has 0 bridgehead atoms. The first-order valence-corrected chi connectivity index (χ1v) is 11.5. The molecule has 0 amide bonds. The zero-order chi connectivity index (χ0) is 18.9. The van der Waals surface area contributed by atoms with Crippen molar-refractivity contribution in [2.45, 2.75) is 71.0 Å². The monoisotopic (exact) mass is 354 g/mol. The van der Waals surface area contributed by atoms with Crippen LogP contribution in [0.3, 0.4) is 0 Å². The van der Waals surface area contributed by atoms with Gasteiger partial charge in [-0.15, -0.1) is 12.3 Å². The highest BCUT2D eigenvalue weighted by Gasteiger charge is 2.47. The van der Waals surface area contributed by atoms with E-state index in [2.05, 4.69) is 90.0 Å². The maximum absolute atomic E-state index is 6.84. The highest BCUT2D eigenvalue weighted by atomic mass is 28.4. The van der Waals surface area contributed by atoms with Crippen molar-refractivity contribution in [2.75, 3.05) is 0 Å². The molecule has 2 heteroatoms. The van der Waals surface area contributed by atoms with Crippen LogP contribution in [0.2, 0.25) is 16.6 Å². The number of hydrogen-bond donors (Lipinski definition) is 0. The lowest BCUT2D eigenvalue weighted by molar-refractivity contribution is 0.385. The Balaban J connectivity index is 3.16. The van der Waals surface area contributed by atoms with Gasteiger partial charge in [-0.1, -0.05) is 78.0 Å². The molecule has 0 atom stereocenters. The molecule has 0 unspecified atom stereocenters. The predicted octanol–water partition coefficient (Wildman–Crippen LogP) is 7.19. The number of allylic oxidation sites excluding steroid dienone is 2. The van der Waals surface area contributed by atoms with Gasteiger partial charge in [-0.3, -0.25) is 0 Å². The zero-order valence-corrected chi connectivity index (χ0v) is 17.8. The molecule has 136 valence electrons. The minimum atomic E-state index is -1.96. The summed E-state index contributed by atoms with van der Waals surface area (Å²) in [5, 5.41) is 0. The SMILES string of the molecule is C#CCC/C=C(\C=C\c1ccccc1)O[Si](C(C)C)(C(C)C)C(C)C. The van der Waals surface area contributed by atoms with Crippen molar-refractivity contribution in [3.63, 3.8) is 0 Å². The second-order valence-electron chi connectivity index (χ2n) is 7.51. The summed E-state index contributed by atoms with van der Waals surface area (Å²) in [5.41, 5.74) is 2.83. The maximum Gasteiger partial charge on any atom is 0.258 e. The smallest absolute Gasteiger partial charge is 0.258 e. The molecule has 0 aromatic heterocycles. The molecule has 1 aromatic carbocycles. The molecular formula is C23H34OSi. The quantitative estimate of drug-likeness (QED) is 0.150. The van der Waals surface area contributed by atoms with Crippen LogP contribution in [0.1, 0.15) is 59.9 Å². The van der Waals surface area contributed by atoms with Crippen molar-refractivity contribution in [3.8, 4) is 12.3 Å². The lowest BCUT2D eigenvalue weighted by Gasteiger charge is -2.42. The second kappa shape index (κ2) is 10.3. The summed E-state index contributed by atoms with van der Waals surface area (Å²) in [7, 11) is -1.96. The van der Waals surface area contributed by atoms with Gasteiger partial charge in [0.1, 0.15) is 0 Å². The van der Waals surface area contributed by atoms with Gasteiger partial charge in [0.25, 0.3) is 8.32 Å². The lowest BCUT2D eigenvalue weighted by atomic mass is 10.2. The molecule has 0 radical (unpaired) electrons. The highest BCUT2D eigenvalue weighted by Crippen LogP contribution is 2.43. The molecule has 0 spiro atoms. The van der Waals surface area contributed by atoms with E-state index in [0.29, 0.717) is 16.6 Å². The van der Waals surface area contributed by atoms with Crippen LogP contribution in [-0.2, 0) is 4.43 Å². The third-order valence-electron chi connectivity index (χ3n) is 4.88. The van der Waals surface area contributed by atoms with Gasteiger partial charge in [0.2, 0.25) is 0 Å². The van der Waals surface area contributed by atoms with Crippen LogP contribution in [0.25, 0.3) is 6.08 Å². The van der Waals surface area contributed by atoms with Crippen LogP contribution in [0, 0.1) is 12.3 Å². The van der Waals surface area contributed by atoms with Crippen molar-refractivity contribution >= 4 is 14.4 Å². The Bertz CT molecular complexity index is 581. The van der Waals surface area contributed by atoms with Crippen LogP contribution in [0.4, 0.5) is 0 Å². The van der Waals surface area contributed by atoms with Crippen LogP contribution < -0.4 is 0 Å². The summed E-state index contributed by atoms with van der Waals surface area (Å²) >= 11 is 0. The first-order chi connectivity index (χ1) is 11.8. The Morgan fingerprint density at radius 2 is 1.60 bits per heavy atom. The summed E-state index contributed by atoms with van der Waals surface area (Å²) in [6.45, 7) is 13.9. The van der Waals surface area contributed by atoms with Crippen molar-refractivity contribution in [2.24, 2.45) is 0 Å². The molecule has 1 rings (SSSR count). The van der Waals surface area contributed by atoms with Crippen LogP contribution in [0.15, 0.2) is 48.2 Å². The zero-order valence-electron chi connectivity index (χ0n) is 16.8. The number of terminal acetylenes is 1. The van der Waals surface area contributed by atoms with Crippen molar-refractivity contribution < 1.29 is 4.43 Å². The van der Waals surface area contributed by atoms with E-state index in [1.807, 2.05) is 6.07 Å². The Hall–Kier alpha value is -1.72. The summed E-state index contributed by atoms with van der Waals surface area (Å²) in [6, 6.07) is 10.3. The van der Waals surface area contributed by atoms with Gasteiger partial charge in [0.15, 0.2) is 0 Å². The molecular weight excluding hydrogens is 320 g/mol. The number of unbranched alkanes of at least 4 members (excludes halogenated alkanes) is 1. The van der Waals surface area contributed by atoms with Crippen molar-refractivity contribution in [1.29, 1.82) is 0 Å². The summed E-state index contributed by atoms with van der Waals surface area (Å²) in [4.78, 5) is 0. The van der Waals surface area contributed by atoms with E-state index >= 15 is 0 Å². The summed E-state index contributed by atoms with van der Waals surface area (Å²) < 4.78 is 6.84. The Labute approximate surface area is 156 Å². The largest absolute Gasteiger partial charge is 0.543 e. The predicted molar refractivity (Wildman–Crippen MR) is 114 cm³/mol. The van der Waals surface area contributed by atoms with E-state index in [4.69, 9.17) is 10.8 Å². The summed E-state index contributed by atoms with van der Waals surface area (Å²) in [6.07, 6.45) is 13.4. The van der Waals surface area contributed by atoms with Crippen LogP contribution in [0.5, 0.6) is 0 Å². The van der Waals surface area contributed by atoms with Gasteiger partial charge in [0.05, 0.1) is 5.76 Å².